The van der Waals surface area contributed by atoms with Gasteiger partial charge in [0.2, 0.25) is 5.91 Å². The number of hydrogen-bond donors (Lipinski definition) is 2. The van der Waals surface area contributed by atoms with E-state index in [2.05, 4.69) is 23.6 Å². The van der Waals surface area contributed by atoms with E-state index in [0.717, 1.165) is 47.9 Å². The first-order valence-corrected chi connectivity index (χ1v) is 11.3. The fourth-order valence-electron chi connectivity index (χ4n) is 4.25. The average Bonchev–Trinajstić information content (AvgIpc) is 3.46. The molecule has 0 spiro atoms. The van der Waals surface area contributed by atoms with Gasteiger partial charge in [0.1, 0.15) is 12.2 Å². The Hall–Kier alpha value is -2.71. The number of fused-ring (bicyclic) bond motifs is 1. The van der Waals surface area contributed by atoms with Crippen LogP contribution in [0.2, 0.25) is 0 Å². The Morgan fingerprint density at radius 3 is 2.90 bits per heavy atom. The van der Waals surface area contributed by atoms with Crippen LogP contribution in [0.3, 0.4) is 0 Å². The molecule has 1 aromatic heterocycles. The smallest absolute Gasteiger partial charge is 0.276 e. The molecule has 0 aliphatic carbocycles. The van der Waals surface area contributed by atoms with Crippen LogP contribution in [0.25, 0.3) is 17.0 Å². The van der Waals surface area contributed by atoms with E-state index in [1.54, 1.807) is 0 Å². The zero-order valence-corrected chi connectivity index (χ0v) is 18.8. The largest absolute Gasteiger partial charge is 0.376 e. The molecular weight excluding hydrogens is 412 g/mol. The van der Waals surface area contributed by atoms with Crippen LogP contribution in [0, 0.1) is 0 Å². The van der Waals surface area contributed by atoms with Gasteiger partial charge < -0.3 is 19.9 Å². The molecule has 2 amide bonds. The van der Waals surface area contributed by atoms with E-state index in [-0.39, 0.29) is 24.5 Å². The van der Waals surface area contributed by atoms with Gasteiger partial charge >= 0.3 is 0 Å². The van der Waals surface area contributed by atoms with Crippen LogP contribution in [0.4, 0.5) is 0 Å². The number of benzene rings is 1. The molecule has 0 unspecified atom stereocenters. The molecule has 31 heavy (non-hydrogen) atoms. The number of nitrogens with zero attached hydrogens (tertiary/aromatic N) is 2. The van der Waals surface area contributed by atoms with Crippen LogP contribution in [-0.2, 0) is 27.3 Å². The molecule has 2 aliphatic rings. The Bertz CT molecular complexity index is 1050. The summed E-state index contributed by atoms with van der Waals surface area (Å²) < 4.78 is 7.57. The SMILES string of the molecule is CCc1cccc2c(/C=C3\NC(=S)N(CC)C3=O)cn(CC(=O)NC[C@@H]3CCCO3)c12. The molecule has 2 N–H and O–H groups in total. The standard InChI is InChI=1S/C23H28N4O3S/c1-3-15-7-5-9-18-16(11-19-22(29)27(4-2)23(31)25-19)13-26(21(15)18)14-20(28)24-12-17-8-6-10-30-17/h5,7,9,11,13,17H,3-4,6,8,10,12,14H2,1-2H3,(H,24,28)(H,25,31)/b19-11-/t17-/m0/s1. The molecule has 2 saturated heterocycles. The molecule has 164 valence electrons. The van der Waals surface area contributed by atoms with Crippen molar-refractivity contribution < 1.29 is 14.3 Å². The first kappa shape index (κ1) is 21.5. The Morgan fingerprint density at radius 2 is 2.23 bits per heavy atom. The van der Waals surface area contributed by atoms with Gasteiger partial charge in [-0.2, -0.15) is 0 Å². The van der Waals surface area contributed by atoms with Crippen molar-refractivity contribution in [3.05, 3.63) is 41.2 Å². The van der Waals surface area contributed by atoms with Crippen molar-refractivity contribution in [2.24, 2.45) is 0 Å². The number of hydrogen-bond acceptors (Lipinski definition) is 4. The number of thiocarbonyl (C=S) groups is 1. The summed E-state index contributed by atoms with van der Waals surface area (Å²) in [7, 11) is 0. The molecule has 4 rings (SSSR count). The summed E-state index contributed by atoms with van der Waals surface area (Å²) in [5, 5.41) is 7.44. The maximum absolute atomic E-state index is 12.7. The van der Waals surface area contributed by atoms with Gasteiger partial charge in [0.25, 0.3) is 5.91 Å². The lowest BCUT2D eigenvalue weighted by atomic mass is 10.1. The third-order valence-electron chi connectivity index (χ3n) is 5.84. The maximum Gasteiger partial charge on any atom is 0.276 e. The van der Waals surface area contributed by atoms with Gasteiger partial charge in [-0.25, -0.2) is 0 Å². The van der Waals surface area contributed by atoms with Crippen molar-refractivity contribution in [2.75, 3.05) is 19.7 Å². The highest BCUT2D eigenvalue weighted by atomic mass is 32.1. The topological polar surface area (TPSA) is 75.6 Å². The minimum absolute atomic E-state index is 0.0501. The van der Waals surface area contributed by atoms with E-state index >= 15 is 0 Å². The highest BCUT2D eigenvalue weighted by Gasteiger charge is 2.29. The summed E-state index contributed by atoms with van der Waals surface area (Å²) in [5.41, 5.74) is 3.51. The van der Waals surface area contributed by atoms with Gasteiger partial charge in [0.15, 0.2) is 5.11 Å². The molecule has 8 heteroatoms. The fourth-order valence-corrected chi connectivity index (χ4v) is 4.57. The Balaban J connectivity index is 1.63. The molecule has 2 aromatic rings. The molecule has 0 radical (unpaired) electrons. The van der Waals surface area contributed by atoms with E-state index < -0.39 is 0 Å². The number of nitrogens with one attached hydrogen (secondary N) is 2. The van der Waals surface area contributed by atoms with Crippen LogP contribution in [0.15, 0.2) is 30.1 Å². The van der Waals surface area contributed by atoms with Gasteiger partial charge in [0, 0.05) is 36.8 Å². The van der Waals surface area contributed by atoms with Crippen LogP contribution < -0.4 is 10.6 Å². The third-order valence-corrected chi connectivity index (χ3v) is 6.16. The van der Waals surface area contributed by atoms with Crippen molar-refractivity contribution in [2.45, 2.75) is 45.8 Å². The lowest BCUT2D eigenvalue weighted by Crippen LogP contribution is -2.34. The van der Waals surface area contributed by atoms with Crippen molar-refractivity contribution in [1.82, 2.24) is 20.1 Å². The van der Waals surface area contributed by atoms with E-state index in [1.165, 1.54) is 4.90 Å². The Labute approximate surface area is 187 Å². The zero-order valence-electron chi connectivity index (χ0n) is 17.9. The molecule has 2 aliphatic heterocycles. The van der Waals surface area contributed by atoms with Crippen molar-refractivity contribution in [3.63, 3.8) is 0 Å². The molecule has 0 bridgehead atoms. The molecule has 7 nitrogen and oxygen atoms in total. The number of amides is 2. The van der Waals surface area contributed by atoms with Crippen LogP contribution in [0.1, 0.15) is 37.8 Å². The quantitative estimate of drug-likeness (QED) is 0.511. The summed E-state index contributed by atoms with van der Waals surface area (Å²) in [5.74, 6) is -0.180. The maximum atomic E-state index is 12.7. The number of aromatic nitrogens is 1. The number of rotatable bonds is 7. The summed E-state index contributed by atoms with van der Waals surface area (Å²) >= 11 is 5.27. The lowest BCUT2D eigenvalue weighted by Gasteiger charge is -2.12. The van der Waals surface area contributed by atoms with E-state index in [4.69, 9.17) is 17.0 Å². The van der Waals surface area contributed by atoms with Gasteiger partial charge in [0.05, 0.1) is 11.6 Å². The summed E-state index contributed by atoms with van der Waals surface area (Å²) in [6.45, 7) is 6.04. The number of carbonyl (C=O) groups is 2. The molecule has 0 saturated carbocycles. The molecule has 3 heterocycles. The van der Waals surface area contributed by atoms with E-state index in [0.29, 0.717) is 23.9 Å². The van der Waals surface area contributed by atoms with Crippen molar-refractivity contribution in [3.8, 4) is 0 Å². The zero-order chi connectivity index (χ0) is 22.0. The Kier molecular flexibility index (Phi) is 6.38. The normalized spacial score (nSPS) is 20.1. The second-order valence-electron chi connectivity index (χ2n) is 7.86. The number of carbonyl (C=O) groups excluding carboxylic acids is 2. The van der Waals surface area contributed by atoms with Crippen LogP contribution in [-0.4, -0.2) is 52.2 Å². The summed E-state index contributed by atoms with van der Waals surface area (Å²) in [4.78, 5) is 26.8. The fraction of sp³-hybridized carbons (Fsp3) is 0.435. The third kappa shape index (κ3) is 4.36. The Morgan fingerprint density at radius 1 is 1.39 bits per heavy atom. The second-order valence-corrected chi connectivity index (χ2v) is 8.24. The monoisotopic (exact) mass is 440 g/mol. The van der Waals surface area contributed by atoms with E-state index in [1.807, 2.05) is 35.9 Å². The first-order chi connectivity index (χ1) is 15.0. The predicted molar refractivity (Wildman–Crippen MR) is 124 cm³/mol. The molecule has 1 aromatic carbocycles. The second kappa shape index (κ2) is 9.20. The minimum atomic E-state index is -0.130. The minimum Gasteiger partial charge on any atom is -0.376 e. The first-order valence-electron chi connectivity index (χ1n) is 10.8. The highest BCUT2D eigenvalue weighted by Crippen LogP contribution is 2.28. The summed E-state index contributed by atoms with van der Waals surface area (Å²) in [6.07, 6.45) is 6.76. The summed E-state index contributed by atoms with van der Waals surface area (Å²) in [6, 6.07) is 6.11. The van der Waals surface area contributed by atoms with Gasteiger partial charge in [-0.1, -0.05) is 25.1 Å². The predicted octanol–water partition coefficient (Wildman–Crippen LogP) is 2.58. The lowest BCUT2D eigenvalue weighted by molar-refractivity contribution is -0.123. The average molecular weight is 441 g/mol. The van der Waals surface area contributed by atoms with Crippen molar-refractivity contribution >= 4 is 46.1 Å². The number of aryl methyl sites for hydroxylation is 1. The number of likely N-dealkylation sites (N-methyl/N-ethyl adjacent to an activating group) is 1. The molecule has 1 atom stereocenters. The molecule has 2 fully saturated rings. The van der Waals surface area contributed by atoms with E-state index in [9.17, 15) is 9.59 Å². The number of para-hydroxylation sites is 1. The van der Waals surface area contributed by atoms with Crippen molar-refractivity contribution in [1.29, 1.82) is 0 Å². The van der Waals surface area contributed by atoms with Gasteiger partial charge in [-0.3, -0.25) is 14.5 Å². The number of ether oxygens (including phenoxy) is 1. The highest BCUT2D eigenvalue weighted by molar-refractivity contribution is 7.80. The molecular formula is C23H28N4O3S. The van der Waals surface area contributed by atoms with Gasteiger partial charge in [-0.05, 0) is 50.0 Å². The van der Waals surface area contributed by atoms with Gasteiger partial charge in [-0.15, -0.1) is 0 Å². The van der Waals surface area contributed by atoms with Crippen LogP contribution in [0.5, 0.6) is 0 Å². The van der Waals surface area contributed by atoms with Crippen LogP contribution >= 0.6 is 12.2 Å².